The molecule has 5 nitrogen and oxygen atoms in total. The first-order chi connectivity index (χ1) is 9.95. The third kappa shape index (κ3) is 5.45. The van der Waals surface area contributed by atoms with E-state index in [-0.39, 0.29) is 6.03 Å². The normalized spacial score (nSPS) is 11.8. The molecule has 0 spiro atoms. The number of benzene rings is 1. The predicted molar refractivity (Wildman–Crippen MR) is 82.1 cm³/mol. The Hall–Kier alpha value is -2.04. The van der Waals surface area contributed by atoms with Crippen molar-refractivity contribution in [3.05, 3.63) is 35.4 Å². The van der Waals surface area contributed by atoms with Gasteiger partial charge in [0.2, 0.25) is 0 Å². The number of unbranched alkanes of at least 4 members (excludes halogenated alkanes) is 1. The molecule has 0 heterocycles. The fourth-order valence-corrected chi connectivity index (χ4v) is 2.04. The average molecular weight is 292 g/mol. The third-order valence-electron chi connectivity index (χ3n) is 3.46. The Balaban J connectivity index is 2.61. The first-order valence-electron chi connectivity index (χ1n) is 7.24. The molecular formula is C16H24N2O3. The summed E-state index contributed by atoms with van der Waals surface area (Å²) in [6.07, 6.45) is 2.13. The molecule has 1 rings (SSSR count). The molecule has 1 unspecified atom stereocenters. The van der Waals surface area contributed by atoms with E-state index < -0.39 is 12.0 Å². The number of urea groups is 1. The van der Waals surface area contributed by atoms with Crippen LogP contribution in [0.3, 0.4) is 0 Å². The van der Waals surface area contributed by atoms with E-state index in [4.69, 9.17) is 5.11 Å². The SMILES string of the molecule is CCCCC(NC(=O)N(C)Cc1ccccc1C)C(=O)O. The lowest BCUT2D eigenvalue weighted by Crippen LogP contribution is -2.46. The van der Waals surface area contributed by atoms with E-state index >= 15 is 0 Å². The van der Waals surface area contributed by atoms with Crippen LogP contribution >= 0.6 is 0 Å². The Morgan fingerprint density at radius 3 is 2.57 bits per heavy atom. The van der Waals surface area contributed by atoms with Crippen molar-refractivity contribution in [1.29, 1.82) is 0 Å². The molecule has 0 bridgehead atoms. The van der Waals surface area contributed by atoms with Crippen LogP contribution < -0.4 is 5.32 Å². The Bertz CT molecular complexity index is 488. The van der Waals surface area contributed by atoms with Crippen molar-refractivity contribution in [1.82, 2.24) is 10.2 Å². The first kappa shape index (κ1) is 17.0. The maximum atomic E-state index is 12.1. The number of aliphatic carboxylic acids is 1. The molecule has 0 aromatic heterocycles. The monoisotopic (exact) mass is 292 g/mol. The van der Waals surface area contributed by atoms with Crippen LogP contribution in [0.4, 0.5) is 4.79 Å². The van der Waals surface area contributed by atoms with Crippen molar-refractivity contribution in [2.45, 2.75) is 45.7 Å². The molecule has 1 aromatic carbocycles. The second-order valence-corrected chi connectivity index (χ2v) is 5.27. The van der Waals surface area contributed by atoms with Crippen LogP contribution in [-0.2, 0) is 11.3 Å². The fourth-order valence-electron chi connectivity index (χ4n) is 2.04. The summed E-state index contributed by atoms with van der Waals surface area (Å²) in [6, 6.07) is 6.64. The second kappa shape index (κ2) is 8.29. The topological polar surface area (TPSA) is 69.6 Å². The van der Waals surface area contributed by atoms with Crippen LogP contribution in [0.5, 0.6) is 0 Å². The number of carbonyl (C=O) groups excluding carboxylic acids is 1. The summed E-state index contributed by atoms with van der Waals surface area (Å²) in [4.78, 5) is 24.7. The minimum atomic E-state index is -0.985. The summed E-state index contributed by atoms with van der Waals surface area (Å²) in [5, 5.41) is 11.7. The number of hydrogen-bond acceptors (Lipinski definition) is 2. The maximum Gasteiger partial charge on any atom is 0.326 e. The van der Waals surface area contributed by atoms with Gasteiger partial charge in [-0.1, -0.05) is 44.0 Å². The molecule has 116 valence electrons. The zero-order valence-electron chi connectivity index (χ0n) is 12.9. The highest BCUT2D eigenvalue weighted by molar-refractivity contribution is 5.82. The number of carboxylic acid groups (broad SMARTS) is 1. The molecule has 21 heavy (non-hydrogen) atoms. The number of aryl methyl sites for hydroxylation is 1. The molecule has 0 fully saturated rings. The zero-order chi connectivity index (χ0) is 15.8. The summed E-state index contributed by atoms with van der Waals surface area (Å²) in [5.41, 5.74) is 2.16. The molecule has 0 saturated heterocycles. The van der Waals surface area contributed by atoms with Crippen LogP contribution in [0.1, 0.15) is 37.3 Å². The van der Waals surface area contributed by atoms with Crippen molar-refractivity contribution in [2.75, 3.05) is 7.05 Å². The summed E-state index contributed by atoms with van der Waals surface area (Å²) in [5.74, 6) is -0.985. The van der Waals surface area contributed by atoms with E-state index in [1.54, 1.807) is 7.05 Å². The first-order valence-corrected chi connectivity index (χ1v) is 7.24. The zero-order valence-corrected chi connectivity index (χ0v) is 12.9. The highest BCUT2D eigenvalue weighted by Crippen LogP contribution is 2.10. The molecule has 0 aliphatic carbocycles. The lowest BCUT2D eigenvalue weighted by molar-refractivity contribution is -0.139. The fraction of sp³-hybridized carbons (Fsp3) is 0.500. The predicted octanol–water partition coefficient (Wildman–Crippen LogP) is 2.78. The number of carboxylic acids is 1. The number of nitrogens with zero attached hydrogens (tertiary/aromatic N) is 1. The van der Waals surface area contributed by atoms with Gasteiger partial charge in [0.1, 0.15) is 6.04 Å². The minimum Gasteiger partial charge on any atom is -0.480 e. The van der Waals surface area contributed by atoms with Crippen LogP contribution in [-0.4, -0.2) is 35.1 Å². The highest BCUT2D eigenvalue weighted by atomic mass is 16.4. The van der Waals surface area contributed by atoms with Gasteiger partial charge < -0.3 is 15.3 Å². The van der Waals surface area contributed by atoms with Crippen molar-refractivity contribution >= 4 is 12.0 Å². The van der Waals surface area contributed by atoms with Crippen LogP contribution in [0.25, 0.3) is 0 Å². The molecule has 0 radical (unpaired) electrons. The van der Waals surface area contributed by atoms with Crippen molar-refractivity contribution in [3.8, 4) is 0 Å². The van der Waals surface area contributed by atoms with Crippen LogP contribution in [0.2, 0.25) is 0 Å². The molecular weight excluding hydrogens is 268 g/mol. The van der Waals surface area contributed by atoms with Gasteiger partial charge in [-0.2, -0.15) is 0 Å². The van der Waals surface area contributed by atoms with Gasteiger partial charge in [-0.25, -0.2) is 9.59 Å². The lowest BCUT2D eigenvalue weighted by atomic mass is 10.1. The van der Waals surface area contributed by atoms with Gasteiger partial charge in [0, 0.05) is 13.6 Å². The van der Waals surface area contributed by atoms with E-state index in [1.807, 2.05) is 38.1 Å². The van der Waals surface area contributed by atoms with Gasteiger partial charge in [-0.05, 0) is 24.5 Å². The lowest BCUT2D eigenvalue weighted by Gasteiger charge is -2.22. The van der Waals surface area contributed by atoms with Gasteiger partial charge in [-0.15, -0.1) is 0 Å². The number of hydrogen-bond donors (Lipinski definition) is 2. The van der Waals surface area contributed by atoms with Crippen molar-refractivity contribution in [2.24, 2.45) is 0 Å². The van der Waals surface area contributed by atoms with E-state index in [1.165, 1.54) is 4.90 Å². The Labute approximate surface area is 126 Å². The maximum absolute atomic E-state index is 12.1. The van der Waals surface area contributed by atoms with E-state index in [9.17, 15) is 9.59 Å². The van der Waals surface area contributed by atoms with Gasteiger partial charge in [0.25, 0.3) is 0 Å². The Kier molecular flexibility index (Phi) is 6.72. The summed E-state index contributed by atoms with van der Waals surface area (Å²) in [6.45, 7) is 4.44. The molecule has 5 heteroatoms. The summed E-state index contributed by atoms with van der Waals surface area (Å²) < 4.78 is 0. The van der Waals surface area contributed by atoms with Gasteiger partial charge >= 0.3 is 12.0 Å². The number of nitrogens with one attached hydrogen (secondary N) is 1. The Morgan fingerprint density at radius 2 is 2.00 bits per heavy atom. The van der Waals surface area contributed by atoms with Crippen LogP contribution in [0, 0.1) is 6.92 Å². The minimum absolute atomic E-state index is 0.359. The van der Waals surface area contributed by atoms with E-state index in [2.05, 4.69) is 5.32 Å². The molecule has 0 aliphatic rings. The van der Waals surface area contributed by atoms with Gasteiger partial charge in [0.05, 0.1) is 0 Å². The number of carbonyl (C=O) groups is 2. The van der Waals surface area contributed by atoms with E-state index in [0.717, 1.165) is 24.0 Å². The molecule has 0 saturated carbocycles. The third-order valence-corrected chi connectivity index (χ3v) is 3.46. The number of amides is 2. The quantitative estimate of drug-likeness (QED) is 0.812. The van der Waals surface area contributed by atoms with Gasteiger partial charge in [-0.3, -0.25) is 0 Å². The highest BCUT2D eigenvalue weighted by Gasteiger charge is 2.21. The average Bonchev–Trinajstić information content (AvgIpc) is 2.45. The molecule has 1 aromatic rings. The van der Waals surface area contributed by atoms with Crippen molar-refractivity contribution < 1.29 is 14.7 Å². The van der Waals surface area contributed by atoms with E-state index in [0.29, 0.717) is 13.0 Å². The van der Waals surface area contributed by atoms with Crippen LogP contribution in [0.15, 0.2) is 24.3 Å². The molecule has 2 amide bonds. The Morgan fingerprint density at radius 1 is 1.33 bits per heavy atom. The largest absolute Gasteiger partial charge is 0.480 e. The standard InChI is InChI=1S/C16H24N2O3/c1-4-5-10-14(15(19)20)17-16(21)18(3)11-13-9-7-6-8-12(13)2/h6-9,14H,4-5,10-11H2,1-3H3,(H,17,21)(H,19,20). The van der Waals surface area contributed by atoms with Crippen molar-refractivity contribution in [3.63, 3.8) is 0 Å². The smallest absolute Gasteiger partial charge is 0.326 e. The molecule has 2 N–H and O–H groups in total. The summed E-state index contributed by atoms with van der Waals surface area (Å²) in [7, 11) is 1.67. The second-order valence-electron chi connectivity index (χ2n) is 5.27. The summed E-state index contributed by atoms with van der Waals surface area (Å²) >= 11 is 0. The molecule has 0 aliphatic heterocycles. The molecule has 1 atom stereocenters. The van der Waals surface area contributed by atoms with Gasteiger partial charge in [0.15, 0.2) is 0 Å². The number of rotatable bonds is 7.